The first-order chi connectivity index (χ1) is 7.62. The van der Waals surface area contributed by atoms with Crippen molar-refractivity contribution in [3.63, 3.8) is 0 Å². The van der Waals surface area contributed by atoms with Crippen molar-refractivity contribution in [3.8, 4) is 0 Å². The van der Waals surface area contributed by atoms with Crippen molar-refractivity contribution in [2.75, 3.05) is 0 Å². The van der Waals surface area contributed by atoms with E-state index in [1.165, 1.54) is 6.42 Å². The van der Waals surface area contributed by atoms with E-state index in [0.29, 0.717) is 11.8 Å². The number of carbonyl (C=O) groups excluding carboxylic acids is 1. The van der Waals surface area contributed by atoms with Gasteiger partial charge in [-0.2, -0.15) is 0 Å². The molecule has 0 bridgehead atoms. The van der Waals surface area contributed by atoms with E-state index in [4.69, 9.17) is 5.73 Å². The van der Waals surface area contributed by atoms with Gasteiger partial charge in [0.1, 0.15) is 0 Å². The van der Waals surface area contributed by atoms with Crippen molar-refractivity contribution in [2.45, 2.75) is 24.7 Å². The molecule has 2 unspecified atom stereocenters. The highest BCUT2D eigenvalue weighted by Gasteiger charge is 2.58. The van der Waals surface area contributed by atoms with Crippen LogP contribution < -0.4 is 5.73 Å². The van der Waals surface area contributed by atoms with E-state index < -0.39 is 5.41 Å². The van der Waals surface area contributed by atoms with Crippen molar-refractivity contribution < 1.29 is 4.79 Å². The summed E-state index contributed by atoms with van der Waals surface area (Å²) < 4.78 is 0.957. The maximum Gasteiger partial charge on any atom is 0.229 e. The molecule has 2 N–H and O–H groups in total. The van der Waals surface area contributed by atoms with Gasteiger partial charge in [-0.15, -0.1) is 0 Å². The SMILES string of the molecule is NC(=O)C1(c2cc(Br)ccn2)CC2CC2C1. The van der Waals surface area contributed by atoms with E-state index in [0.717, 1.165) is 23.0 Å². The molecule has 16 heavy (non-hydrogen) atoms. The van der Waals surface area contributed by atoms with Gasteiger partial charge in [0.2, 0.25) is 5.91 Å². The van der Waals surface area contributed by atoms with E-state index in [9.17, 15) is 4.79 Å². The molecule has 3 rings (SSSR count). The minimum atomic E-state index is -0.503. The zero-order valence-corrected chi connectivity index (χ0v) is 10.4. The van der Waals surface area contributed by atoms with Gasteiger partial charge < -0.3 is 5.73 Å². The van der Waals surface area contributed by atoms with Crippen molar-refractivity contribution >= 4 is 21.8 Å². The second-order valence-electron chi connectivity index (χ2n) is 4.97. The molecular formula is C12H13BrN2O. The van der Waals surface area contributed by atoms with Crippen LogP contribution in [-0.2, 0) is 10.2 Å². The van der Waals surface area contributed by atoms with Crippen LogP contribution in [0.4, 0.5) is 0 Å². The first kappa shape index (κ1) is 10.3. The summed E-state index contributed by atoms with van der Waals surface area (Å²) >= 11 is 3.42. The smallest absolute Gasteiger partial charge is 0.229 e. The Balaban J connectivity index is 2.03. The van der Waals surface area contributed by atoms with E-state index in [2.05, 4.69) is 20.9 Å². The molecule has 0 saturated heterocycles. The van der Waals surface area contributed by atoms with Crippen LogP contribution in [0.1, 0.15) is 25.0 Å². The molecule has 1 aromatic rings. The first-order valence-corrected chi connectivity index (χ1v) is 6.33. The van der Waals surface area contributed by atoms with E-state index in [1.807, 2.05) is 12.1 Å². The highest BCUT2D eigenvalue weighted by Crippen LogP contribution is 2.60. The van der Waals surface area contributed by atoms with Crippen molar-refractivity contribution in [3.05, 3.63) is 28.5 Å². The van der Waals surface area contributed by atoms with Crippen LogP contribution in [0.15, 0.2) is 22.8 Å². The molecular weight excluding hydrogens is 268 g/mol. The Kier molecular flexibility index (Phi) is 2.11. The Labute approximate surface area is 103 Å². The van der Waals surface area contributed by atoms with Crippen molar-refractivity contribution in [2.24, 2.45) is 17.6 Å². The lowest BCUT2D eigenvalue weighted by molar-refractivity contribution is -0.123. The van der Waals surface area contributed by atoms with Gasteiger partial charge in [0.05, 0.1) is 11.1 Å². The van der Waals surface area contributed by atoms with Gasteiger partial charge in [-0.1, -0.05) is 15.9 Å². The van der Waals surface area contributed by atoms with Crippen LogP contribution in [-0.4, -0.2) is 10.9 Å². The maximum atomic E-state index is 11.8. The third-order valence-corrected chi connectivity index (χ3v) is 4.47. The van der Waals surface area contributed by atoms with Crippen LogP contribution in [0.3, 0.4) is 0 Å². The number of nitrogens with two attached hydrogens (primary N) is 1. The standard InChI is InChI=1S/C12H13BrN2O/c13-9-1-2-15-10(4-9)12(11(14)16)5-7-3-8(7)6-12/h1-2,4,7-8H,3,5-6H2,(H2,14,16). The fourth-order valence-corrected chi connectivity index (χ4v) is 3.33. The summed E-state index contributed by atoms with van der Waals surface area (Å²) in [5.74, 6) is 1.19. The zero-order valence-electron chi connectivity index (χ0n) is 8.82. The monoisotopic (exact) mass is 280 g/mol. The number of aromatic nitrogens is 1. The molecule has 84 valence electrons. The Morgan fingerprint density at radius 2 is 2.19 bits per heavy atom. The van der Waals surface area contributed by atoms with Gasteiger partial charge >= 0.3 is 0 Å². The van der Waals surface area contributed by atoms with Crippen molar-refractivity contribution in [1.29, 1.82) is 0 Å². The quantitative estimate of drug-likeness (QED) is 0.901. The lowest BCUT2D eigenvalue weighted by Crippen LogP contribution is -2.40. The van der Waals surface area contributed by atoms with Crippen LogP contribution >= 0.6 is 15.9 Å². The number of pyridine rings is 1. The Bertz CT molecular complexity index is 450. The predicted octanol–water partition coefficient (Wildman–Crippen LogP) is 2.00. The lowest BCUT2D eigenvalue weighted by Gasteiger charge is -2.26. The predicted molar refractivity (Wildman–Crippen MR) is 63.6 cm³/mol. The third kappa shape index (κ3) is 1.39. The largest absolute Gasteiger partial charge is 0.369 e. The van der Waals surface area contributed by atoms with Crippen LogP contribution in [0.25, 0.3) is 0 Å². The van der Waals surface area contributed by atoms with Gasteiger partial charge in [-0.05, 0) is 43.2 Å². The van der Waals surface area contributed by atoms with E-state index >= 15 is 0 Å². The molecule has 4 heteroatoms. The fraction of sp³-hybridized carbons (Fsp3) is 0.500. The van der Waals surface area contributed by atoms with Gasteiger partial charge in [0, 0.05) is 10.7 Å². The number of rotatable bonds is 2. The molecule has 2 aliphatic carbocycles. The number of hydrogen-bond donors (Lipinski definition) is 1. The summed E-state index contributed by atoms with van der Waals surface area (Å²) in [5, 5.41) is 0. The molecule has 2 aliphatic rings. The molecule has 0 spiro atoms. The molecule has 1 heterocycles. The average molecular weight is 281 g/mol. The van der Waals surface area contributed by atoms with E-state index in [1.54, 1.807) is 6.20 Å². The summed E-state index contributed by atoms with van der Waals surface area (Å²) in [4.78, 5) is 16.1. The molecule has 3 nitrogen and oxygen atoms in total. The van der Waals surface area contributed by atoms with Crippen LogP contribution in [0.2, 0.25) is 0 Å². The summed E-state index contributed by atoms with van der Waals surface area (Å²) in [6, 6.07) is 3.80. The number of hydrogen-bond acceptors (Lipinski definition) is 2. The molecule has 0 radical (unpaired) electrons. The summed E-state index contributed by atoms with van der Waals surface area (Å²) in [6.45, 7) is 0. The summed E-state index contributed by atoms with van der Waals surface area (Å²) in [5.41, 5.74) is 5.94. The van der Waals surface area contributed by atoms with Crippen molar-refractivity contribution in [1.82, 2.24) is 4.98 Å². The lowest BCUT2D eigenvalue weighted by atomic mass is 9.78. The molecule has 1 amide bonds. The molecule has 0 aliphatic heterocycles. The van der Waals surface area contributed by atoms with Gasteiger partial charge in [0.25, 0.3) is 0 Å². The molecule has 1 aromatic heterocycles. The number of primary amides is 1. The normalized spacial score (nSPS) is 35.8. The number of amides is 1. The third-order valence-electron chi connectivity index (χ3n) is 3.97. The Hall–Kier alpha value is -0.900. The fourth-order valence-electron chi connectivity index (χ4n) is 2.99. The molecule has 2 fully saturated rings. The molecule has 0 aromatic carbocycles. The summed E-state index contributed by atoms with van der Waals surface area (Å²) in [6.07, 6.45) is 4.77. The first-order valence-electron chi connectivity index (χ1n) is 5.54. The van der Waals surface area contributed by atoms with Gasteiger partial charge in [-0.3, -0.25) is 9.78 Å². The van der Waals surface area contributed by atoms with Crippen LogP contribution in [0, 0.1) is 11.8 Å². The minimum absolute atomic E-state index is 0.217. The highest BCUT2D eigenvalue weighted by atomic mass is 79.9. The average Bonchev–Trinajstić information content (AvgIpc) is 2.86. The number of nitrogens with zero attached hydrogens (tertiary/aromatic N) is 1. The number of fused-ring (bicyclic) bond motifs is 1. The maximum absolute atomic E-state index is 11.8. The zero-order chi connectivity index (χ0) is 11.3. The molecule has 2 saturated carbocycles. The summed E-state index contributed by atoms with van der Waals surface area (Å²) in [7, 11) is 0. The topological polar surface area (TPSA) is 56.0 Å². The Morgan fingerprint density at radius 1 is 1.50 bits per heavy atom. The second kappa shape index (κ2) is 3.29. The number of halogens is 1. The Morgan fingerprint density at radius 3 is 2.75 bits per heavy atom. The number of carbonyl (C=O) groups is 1. The highest BCUT2D eigenvalue weighted by molar-refractivity contribution is 9.10. The van der Waals surface area contributed by atoms with Gasteiger partial charge in [-0.25, -0.2) is 0 Å². The van der Waals surface area contributed by atoms with Gasteiger partial charge in [0.15, 0.2) is 0 Å². The van der Waals surface area contributed by atoms with E-state index in [-0.39, 0.29) is 5.91 Å². The second-order valence-corrected chi connectivity index (χ2v) is 5.89. The van der Waals surface area contributed by atoms with Crippen LogP contribution in [0.5, 0.6) is 0 Å². The minimum Gasteiger partial charge on any atom is -0.369 e. The molecule has 2 atom stereocenters.